The van der Waals surface area contributed by atoms with Crippen molar-refractivity contribution < 1.29 is 0 Å². The summed E-state index contributed by atoms with van der Waals surface area (Å²) in [6.07, 6.45) is 1.83. The minimum atomic E-state index is 0.715. The fraction of sp³-hybridized carbons (Fsp3) is 0.222. The van der Waals surface area contributed by atoms with E-state index in [0.717, 1.165) is 39.7 Å². The van der Waals surface area contributed by atoms with Gasteiger partial charge < -0.3 is 0 Å². The maximum Gasteiger partial charge on any atom is 0.159 e. The molecule has 3 rings (SSSR count). The summed E-state index contributed by atoms with van der Waals surface area (Å²) in [6, 6.07) is 13.8. The van der Waals surface area contributed by atoms with Gasteiger partial charge in [0, 0.05) is 34.7 Å². The number of halogens is 1. The van der Waals surface area contributed by atoms with Gasteiger partial charge in [0.2, 0.25) is 0 Å². The first-order chi connectivity index (χ1) is 11.7. The lowest BCUT2D eigenvalue weighted by Gasteiger charge is -2.11. The first kappa shape index (κ1) is 16.5. The predicted molar refractivity (Wildman–Crippen MR) is 100 cm³/mol. The van der Waals surface area contributed by atoms with Crippen LogP contribution in [-0.2, 0) is 0 Å². The van der Waals surface area contributed by atoms with E-state index in [1.165, 1.54) is 0 Å². The molecule has 0 aliphatic rings. The van der Waals surface area contributed by atoms with Gasteiger partial charge in [-0.2, -0.15) is 0 Å². The third kappa shape index (κ3) is 3.76. The fourth-order valence-corrected chi connectivity index (χ4v) is 2.55. The Labute approximate surface area is 149 Å². The van der Waals surface area contributed by atoms with Crippen LogP contribution in [0.15, 0.2) is 63.5 Å². The van der Waals surface area contributed by atoms with Crippen molar-refractivity contribution >= 4 is 32.5 Å². The van der Waals surface area contributed by atoms with Crippen molar-refractivity contribution in [1.29, 1.82) is 0 Å². The predicted octanol–water partition coefficient (Wildman–Crippen LogP) is 5.40. The van der Waals surface area contributed by atoms with Gasteiger partial charge in [-0.3, -0.25) is 5.01 Å². The van der Waals surface area contributed by atoms with Gasteiger partial charge in [-0.05, 0) is 44.2 Å². The van der Waals surface area contributed by atoms with Gasteiger partial charge in [-0.15, -0.1) is 5.11 Å². The van der Waals surface area contributed by atoms with Crippen LogP contribution in [0.5, 0.6) is 0 Å². The molecule has 1 heterocycles. The highest BCUT2D eigenvalue weighted by molar-refractivity contribution is 9.10. The van der Waals surface area contributed by atoms with E-state index in [1.807, 2.05) is 53.7 Å². The van der Waals surface area contributed by atoms with Gasteiger partial charge in [0.15, 0.2) is 5.82 Å². The van der Waals surface area contributed by atoms with E-state index in [4.69, 9.17) is 0 Å². The second-order valence-electron chi connectivity index (χ2n) is 5.27. The number of rotatable bonds is 5. The molecule has 0 saturated heterocycles. The van der Waals surface area contributed by atoms with E-state index in [-0.39, 0.29) is 0 Å². The molecule has 0 saturated carbocycles. The number of hydrogen-bond donors (Lipinski definition) is 0. The highest BCUT2D eigenvalue weighted by Gasteiger charge is 2.04. The van der Waals surface area contributed by atoms with Crippen molar-refractivity contribution in [2.75, 3.05) is 13.1 Å². The molecule has 0 N–H and O–H groups in total. The van der Waals surface area contributed by atoms with Crippen molar-refractivity contribution in [2.24, 2.45) is 10.3 Å². The van der Waals surface area contributed by atoms with Crippen molar-refractivity contribution in [3.8, 4) is 11.4 Å². The second-order valence-corrected chi connectivity index (χ2v) is 6.19. The Bertz CT molecular complexity index is 857. The third-order valence-corrected chi connectivity index (χ3v) is 4.21. The van der Waals surface area contributed by atoms with Gasteiger partial charge in [-0.25, -0.2) is 9.97 Å². The topological polar surface area (TPSA) is 53.7 Å². The molecule has 0 atom stereocenters. The molecule has 0 spiro atoms. The van der Waals surface area contributed by atoms with Gasteiger partial charge in [0.05, 0.1) is 11.2 Å². The SMILES string of the molecule is CCN(CC)N=Nc1ccc2nc(-c3ccc(Br)cc3)ncc2c1. The number of nitrogens with zero attached hydrogens (tertiary/aromatic N) is 5. The van der Waals surface area contributed by atoms with E-state index in [9.17, 15) is 0 Å². The van der Waals surface area contributed by atoms with E-state index in [0.29, 0.717) is 5.82 Å². The molecule has 24 heavy (non-hydrogen) atoms. The zero-order chi connectivity index (χ0) is 16.9. The van der Waals surface area contributed by atoms with Gasteiger partial charge >= 0.3 is 0 Å². The number of benzene rings is 2. The molecule has 122 valence electrons. The summed E-state index contributed by atoms with van der Waals surface area (Å²) in [5.74, 6) is 0.715. The monoisotopic (exact) mass is 383 g/mol. The van der Waals surface area contributed by atoms with E-state index >= 15 is 0 Å². The van der Waals surface area contributed by atoms with Gasteiger partial charge in [-0.1, -0.05) is 33.3 Å². The molecule has 5 nitrogen and oxygen atoms in total. The molecule has 0 aliphatic heterocycles. The molecule has 1 aromatic heterocycles. The van der Waals surface area contributed by atoms with Crippen LogP contribution in [0.4, 0.5) is 5.69 Å². The van der Waals surface area contributed by atoms with Crippen LogP contribution in [0.3, 0.4) is 0 Å². The normalized spacial score (nSPS) is 11.3. The summed E-state index contributed by atoms with van der Waals surface area (Å²) in [5.41, 5.74) is 2.68. The smallest absolute Gasteiger partial charge is 0.159 e. The zero-order valence-electron chi connectivity index (χ0n) is 13.6. The van der Waals surface area contributed by atoms with Crippen LogP contribution in [0, 0.1) is 0 Å². The summed E-state index contributed by atoms with van der Waals surface area (Å²) >= 11 is 3.44. The summed E-state index contributed by atoms with van der Waals surface area (Å²) < 4.78 is 1.04. The largest absolute Gasteiger partial charge is 0.279 e. The lowest BCUT2D eigenvalue weighted by atomic mass is 10.2. The molecule has 6 heteroatoms. The second kappa shape index (κ2) is 7.49. The Balaban J connectivity index is 1.89. The molecular weight excluding hydrogens is 366 g/mol. The quantitative estimate of drug-likeness (QED) is 0.437. The lowest BCUT2D eigenvalue weighted by Crippen LogP contribution is -2.14. The number of hydrogen-bond acceptors (Lipinski definition) is 4. The molecular formula is C18H18BrN5. The Morgan fingerprint density at radius 2 is 1.79 bits per heavy atom. The minimum absolute atomic E-state index is 0.715. The van der Waals surface area contributed by atoms with Gasteiger partial charge in [0.25, 0.3) is 0 Å². The average molecular weight is 384 g/mol. The molecule has 0 fully saturated rings. The van der Waals surface area contributed by atoms with Gasteiger partial charge in [0.1, 0.15) is 0 Å². The maximum atomic E-state index is 4.63. The van der Waals surface area contributed by atoms with Crippen LogP contribution < -0.4 is 0 Å². The Morgan fingerprint density at radius 3 is 2.50 bits per heavy atom. The molecule has 0 unspecified atom stereocenters. The minimum Gasteiger partial charge on any atom is -0.279 e. The summed E-state index contributed by atoms with van der Waals surface area (Å²) in [4.78, 5) is 9.10. The number of fused-ring (bicyclic) bond motifs is 1. The van der Waals surface area contributed by atoms with Crippen LogP contribution in [0.25, 0.3) is 22.3 Å². The molecule has 3 aromatic rings. The first-order valence-electron chi connectivity index (χ1n) is 7.89. The highest BCUT2D eigenvalue weighted by atomic mass is 79.9. The van der Waals surface area contributed by atoms with Crippen molar-refractivity contribution in [1.82, 2.24) is 15.0 Å². The van der Waals surface area contributed by atoms with E-state index in [2.05, 4.69) is 50.1 Å². The van der Waals surface area contributed by atoms with Crippen LogP contribution in [0.1, 0.15) is 13.8 Å². The number of aromatic nitrogens is 2. The van der Waals surface area contributed by atoms with Crippen LogP contribution >= 0.6 is 15.9 Å². The van der Waals surface area contributed by atoms with E-state index in [1.54, 1.807) is 0 Å². The first-order valence-corrected chi connectivity index (χ1v) is 8.68. The standard InChI is InChI=1S/C18H18BrN5/c1-3-24(4-2)23-22-16-9-10-17-14(11-16)12-20-18(21-17)13-5-7-15(19)8-6-13/h5-12H,3-4H2,1-2H3. The summed E-state index contributed by atoms with van der Waals surface area (Å²) in [5, 5.41) is 11.4. The highest BCUT2D eigenvalue weighted by Crippen LogP contribution is 2.23. The third-order valence-electron chi connectivity index (χ3n) is 3.68. The molecule has 0 aliphatic carbocycles. The summed E-state index contributed by atoms with van der Waals surface area (Å²) in [7, 11) is 0. The maximum absolute atomic E-state index is 4.63. The van der Waals surface area contributed by atoms with Crippen LogP contribution in [-0.4, -0.2) is 28.1 Å². The van der Waals surface area contributed by atoms with Crippen molar-refractivity contribution in [3.05, 3.63) is 53.1 Å². The van der Waals surface area contributed by atoms with Crippen LogP contribution in [0.2, 0.25) is 0 Å². The fourth-order valence-electron chi connectivity index (χ4n) is 2.29. The molecule has 0 amide bonds. The van der Waals surface area contributed by atoms with Crippen molar-refractivity contribution in [2.45, 2.75) is 13.8 Å². The van der Waals surface area contributed by atoms with Crippen molar-refractivity contribution in [3.63, 3.8) is 0 Å². The Morgan fingerprint density at radius 1 is 1.04 bits per heavy atom. The average Bonchev–Trinajstić information content (AvgIpc) is 2.62. The zero-order valence-corrected chi connectivity index (χ0v) is 15.2. The van der Waals surface area contributed by atoms with E-state index < -0.39 is 0 Å². The molecule has 2 aromatic carbocycles. The lowest BCUT2D eigenvalue weighted by molar-refractivity contribution is 0.301. The Kier molecular flexibility index (Phi) is 5.15. The molecule has 0 bridgehead atoms. The molecule has 0 radical (unpaired) electrons. The Hall–Kier alpha value is -2.34. The summed E-state index contributed by atoms with van der Waals surface area (Å²) in [6.45, 7) is 5.79.